The van der Waals surface area contributed by atoms with Crippen LogP contribution in [0.1, 0.15) is 35.1 Å². The molecule has 0 unspecified atom stereocenters. The number of allylic oxidation sites excluding steroid dienone is 2. The van der Waals surface area contributed by atoms with Crippen LogP contribution in [0.5, 0.6) is 11.5 Å². The fourth-order valence-electron chi connectivity index (χ4n) is 4.37. The molecule has 4 rings (SSSR count). The molecule has 0 amide bonds. The first-order valence-electron chi connectivity index (χ1n) is 9.00. The van der Waals surface area contributed by atoms with Crippen molar-refractivity contribution in [3.63, 3.8) is 0 Å². The molecule has 8 heteroatoms. The highest BCUT2D eigenvalue weighted by Crippen LogP contribution is 2.55. The van der Waals surface area contributed by atoms with E-state index in [1.54, 1.807) is 14.2 Å². The van der Waals surface area contributed by atoms with Crippen LogP contribution in [0.2, 0.25) is 5.02 Å². The third-order valence-electron chi connectivity index (χ3n) is 5.59. The highest BCUT2D eigenvalue weighted by atomic mass is 79.9. The average Bonchev–Trinajstić information content (AvgIpc) is 3.16. The standard InChI is InChI=1S/C21H18BrClF3NO2/c1-28-16-9-10(8-14(22)20(16)29-2)18-12-5-3-4-11(12)17-13(21(24,25)26)6-7-15(23)19(17)27-18/h3-4,6-9,11-12,18,27H,5H2,1-2H3/t11-,12-,18+/m1/s1. The first kappa shape index (κ1) is 20.4. The first-order valence-corrected chi connectivity index (χ1v) is 10.2. The molecule has 1 N–H and O–H groups in total. The van der Waals surface area contributed by atoms with Crippen LogP contribution in [0, 0.1) is 5.92 Å². The largest absolute Gasteiger partial charge is 0.493 e. The SMILES string of the molecule is COc1cc([C@@H]2Nc3c(Cl)ccc(C(F)(F)F)c3[C@@H]3C=CC[C@H]32)cc(Br)c1OC. The van der Waals surface area contributed by atoms with Crippen molar-refractivity contribution in [3.8, 4) is 11.5 Å². The highest BCUT2D eigenvalue weighted by Gasteiger charge is 2.45. The Bertz CT molecular complexity index is 993. The summed E-state index contributed by atoms with van der Waals surface area (Å²) in [4.78, 5) is 0. The Morgan fingerprint density at radius 1 is 1.17 bits per heavy atom. The van der Waals surface area contributed by atoms with Gasteiger partial charge in [-0.15, -0.1) is 0 Å². The van der Waals surface area contributed by atoms with Gasteiger partial charge in [-0.2, -0.15) is 13.2 Å². The number of nitrogens with one attached hydrogen (secondary N) is 1. The molecule has 1 aliphatic heterocycles. The van der Waals surface area contributed by atoms with Gasteiger partial charge in [-0.25, -0.2) is 0 Å². The van der Waals surface area contributed by atoms with Gasteiger partial charge < -0.3 is 14.8 Å². The number of fused-ring (bicyclic) bond motifs is 3. The Hall–Kier alpha value is -1.86. The quantitative estimate of drug-likeness (QED) is 0.474. The summed E-state index contributed by atoms with van der Waals surface area (Å²) in [6.07, 6.45) is 0.0166. The van der Waals surface area contributed by atoms with E-state index >= 15 is 0 Å². The molecule has 3 nitrogen and oxygen atoms in total. The number of ether oxygens (including phenoxy) is 2. The predicted molar refractivity (Wildman–Crippen MR) is 110 cm³/mol. The van der Waals surface area contributed by atoms with E-state index < -0.39 is 11.7 Å². The normalized spacial score (nSPS) is 22.7. The van der Waals surface area contributed by atoms with Crippen molar-refractivity contribution >= 4 is 33.2 Å². The van der Waals surface area contributed by atoms with E-state index in [1.807, 2.05) is 24.3 Å². The lowest BCUT2D eigenvalue weighted by molar-refractivity contribution is -0.138. The molecule has 0 saturated carbocycles. The minimum Gasteiger partial charge on any atom is -0.493 e. The van der Waals surface area contributed by atoms with Gasteiger partial charge in [0, 0.05) is 5.92 Å². The van der Waals surface area contributed by atoms with Gasteiger partial charge in [0.1, 0.15) is 0 Å². The molecular weight excluding hydrogens is 471 g/mol. The molecule has 0 saturated heterocycles. The Morgan fingerprint density at radius 3 is 2.59 bits per heavy atom. The zero-order chi connectivity index (χ0) is 20.9. The molecule has 2 aliphatic rings. The molecule has 0 spiro atoms. The number of halogens is 5. The van der Waals surface area contributed by atoms with Crippen molar-refractivity contribution < 1.29 is 22.6 Å². The van der Waals surface area contributed by atoms with Gasteiger partial charge in [0.05, 0.1) is 41.0 Å². The van der Waals surface area contributed by atoms with Crippen LogP contribution in [0.25, 0.3) is 0 Å². The maximum absolute atomic E-state index is 13.7. The van der Waals surface area contributed by atoms with Crippen LogP contribution >= 0.6 is 27.5 Å². The molecule has 0 radical (unpaired) electrons. The lowest BCUT2D eigenvalue weighted by Crippen LogP contribution is -2.31. The maximum atomic E-state index is 13.7. The predicted octanol–water partition coefficient (Wildman–Crippen LogP) is 6.97. The number of alkyl halides is 3. The third kappa shape index (κ3) is 3.38. The molecule has 154 valence electrons. The van der Waals surface area contributed by atoms with Crippen LogP contribution in [0.15, 0.2) is 40.9 Å². The van der Waals surface area contributed by atoms with Crippen molar-refractivity contribution in [1.82, 2.24) is 0 Å². The third-order valence-corrected chi connectivity index (χ3v) is 6.49. The molecule has 1 heterocycles. The van der Waals surface area contributed by atoms with E-state index in [0.717, 1.165) is 11.6 Å². The second kappa shape index (κ2) is 7.43. The van der Waals surface area contributed by atoms with Crippen molar-refractivity contribution in [2.24, 2.45) is 5.92 Å². The van der Waals surface area contributed by atoms with Crippen molar-refractivity contribution in [1.29, 1.82) is 0 Å². The highest BCUT2D eigenvalue weighted by molar-refractivity contribution is 9.10. The zero-order valence-electron chi connectivity index (χ0n) is 15.6. The molecule has 0 fully saturated rings. The van der Waals surface area contributed by atoms with E-state index in [4.69, 9.17) is 21.1 Å². The Labute approximate surface area is 180 Å². The topological polar surface area (TPSA) is 30.5 Å². The smallest absolute Gasteiger partial charge is 0.416 e. The number of hydrogen-bond acceptors (Lipinski definition) is 3. The molecule has 0 aromatic heterocycles. The number of anilines is 1. The monoisotopic (exact) mass is 487 g/mol. The molecule has 1 aliphatic carbocycles. The number of hydrogen-bond donors (Lipinski definition) is 1. The van der Waals surface area contributed by atoms with Crippen LogP contribution in [0.4, 0.5) is 18.9 Å². The molecule has 2 aromatic rings. The first-order chi connectivity index (χ1) is 13.8. The van der Waals surface area contributed by atoms with Gasteiger partial charge in [0.2, 0.25) is 0 Å². The lowest BCUT2D eigenvalue weighted by atomic mass is 9.75. The van der Waals surface area contributed by atoms with Crippen molar-refractivity contribution in [3.05, 3.63) is 62.6 Å². The molecule has 2 aromatic carbocycles. The van der Waals surface area contributed by atoms with E-state index in [2.05, 4.69) is 21.2 Å². The fraction of sp³-hybridized carbons (Fsp3) is 0.333. The van der Waals surface area contributed by atoms with Gasteiger partial charge in [-0.1, -0.05) is 23.8 Å². The minimum atomic E-state index is -4.45. The summed E-state index contributed by atoms with van der Waals surface area (Å²) >= 11 is 9.84. The average molecular weight is 489 g/mol. The summed E-state index contributed by atoms with van der Waals surface area (Å²) in [7, 11) is 3.09. The summed E-state index contributed by atoms with van der Waals surface area (Å²) in [5, 5.41) is 3.57. The van der Waals surface area contributed by atoms with E-state index in [-0.39, 0.29) is 28.5 Å². The molecule has 0 bridgehead atoms. The van der Waals surface area contributed by atoms with E-state index in [1.165, 1.54) is 6.07 Å². The Morgan fingerprint density at radius 2 is 1.93 bits per heavy atom. The van der Waals surface area contributed by atoms with Crippen LogP contribution in [-0.4, -0.2) is 14.2 Å². The Balaban J connectivity index is 1.87. The summed E-state index contributed by atoms with van der Waals surface area (Å²) < 4.78 is 52.6. The van der Waals surface area contributed by atoms with Gasteiger partial charge >= 0.3 is 6.18 Å². The number of rotatable bonds is 3. The molecule has 3 atom stereocenters. The molecule has 29 heavy (non-hydrogen) atoms. The Kier molecular flexibility index (Phi) is 5.23. The maximum Gasteiger partial charge on any atom is 0.416 e. The summed E-state index contributed by atoms with van der Waals surface area (Å²) in [6, 6.07) is 5.89. The van der Waals surface area contributed by atoms with E-state index in [0.29, 0.717) is 28.1 Å². The van der Waals surface area contributed by atoms with Gasteiger partial charge in [-0.05, 0) is 63.7 Å². The van der Waals surface area contributed by atoms with Crippen molar-refractivity contribution in [2.45, 2.75) is 24.6 Å². The van der Waals surface area contributed by atoms with E-state index in [9.17, 15) is 13.2 Å². The number of benzene rings is 2. The van der Waals surface area contributed by atoms with Gasteiger partial charge in [0.25, 0.3) is 0 Å². The second-order valence-corrected chi connectivity index (χ2v) is 8.36. The summed E-state index contributed by atoms with van der Waals surface area (Å²) in [6.45, 7) is 0. The summed E-state index contributed by atoms with van der Waals surface area (Å²) in [5.41, 5.74) is 0.801. The second-order valence-electron chi connectivity index (χ2n) is 7.10. The van der Waals surface area contributed by atoms with Crippen molar-refractivity contribution in [2.75, 3.05) is 19.5 Å². The fourth-order valence-corrected chi connectivity index (χ4v) is 5.21. The molecular formula is C21H18BrClF3NO2. The van der Waals surface area contributed by atoms with Crippen LogP contribution in [0.3, 0.4) is 0 Å². The van der Waals surface area contributed by atoms with Gasteiger partial charge in [-0.3, -0.25) is 0 Å². The minimum absolute atomic E-state index is 0.0768. The van der Waals surface area contributed by atoms with Crippen LogP contribution in [-0.2, 0) is 6.18 Å². The zero-order valence-corrected chi connectivity index (χ0v) is 18.0. The summed E-state index contributed by atoms with van der Waals surface area (Å²) in [5.74, 6) is 0.651. The van der Waals surface area contributed by atoms with Gasteiger partial charge in [0.15, 0.2) is 11.5 Å². The van der Waals surface area contributed by atoms with Crippen LogP contribution < -0.4 is 14.8 Å². The lowest BCUT2D eigenvalue weighted by Gasteiger charge is -2.39. The number of methoxy groups -OCH3 is 2.